The van der Waals surface area contributed by atoms with Crippen LogP contribution in [0.5, 0.6) is 0 Å². The van der Waals surface area contributed by atoms with Gasteiger partial charge < -0.3 is 5.32 Å². The van der Waals surface area contributed by atoms with E-state index in [1.54, 1.807) is 12.1 Å². The molecule has 1 aliphatic rings. The predicted octanol–water partition coefficient (Wildman–Crippen LogP) is 4.68. The fourth-order valence-corrected chi connectivity index (χ4v) is 2.73. The Morgan fingerprint density at radius 3 is 2.53 bits per heavy atom. The molecule has 3 heteroatoms. The smallest absolute Gasteiger partial charge is 0.263 e. The summed E-state index contributed by atoms with van der Waals surface area (Å²) in [6.45, 7) is 3.11. The zero-order valence-corrected chi connectivity index (χ0v) is 11.5. The maximum absolute atomic E-state index is 12.4. The van der Waals surface area contributed by atoms with E-state index in [-0.39, 0.29) is 5.56 Å². The molecule has 2 atom stereocenters. The summed E-state index contributed by atoms with van der Waals surface area (Å²) in [6, 6.07) is 7.23. The molecule has 0 amide bonds. The molecule has 0 aliphatic heterocycles. The van der Waals surface area contributed by atoms with Crippen LogP contribution >= 0.6 is 0 Å². The summed E-state index contributed by atoms with van der Waals surface area (Å²) < 4.78 is 24.9. The largest absolute Gasteiger partial charge is 0.310 e. The van der Waals surface area contributed by atoms with Gasteiger partial charge in [-0.05, 0) is 30.7 Å². The molecule has 0 spiro atoms. The van der Waals surface area contributed by atoms with Gasteiger partial charge in [-0.2, -0.15) is 0 Å². The van der Waals surface area contributed by atoms with Gasteiger partial charge >= 0.3 is 0 Å². The molecule has 0 aromatic heterocycles. The molecule has 1 N–H and O–H groups in total. The highest BCUT2D eigenvalue weighted by atomic mass is 19.3. The summed E-state index contributed by atoms with van der Waals surface area (Å²) >= 11 is 0. The van der Waals surface area contributed by atoms with Crippen LogP contribution in [-0.2, 0) is 6.54 Å². The highest BCUT2D eigenvalue weighted by Crippen LogP contribution is 2.23. The zero-order chi connectivity index (χ0) is 13.7. The first-order valence-corrected chi connectivity index (χ1v) is 7.25. The van der Waals surface area contributed by atoms with Gasteiger partial charge in [-0.3, -0.25) is 0 Å². The van der Waals surface area contributed by atoms with Crippen molar-refractivity contribution in [3.05, 3.63) is 35.4 Å². The highest BCUT2D eigenvalue weighted by Gasteiger charge is 2.15. The predicted molar refractivity (Wildman–Crippen MR) is 74.3 cm³/mol. The molecule has 1 fully saturated rings. The normalized spacial score (nSPS) is 24.4. The Hall–Kier alpha value is -0.960. The van der Waals surface area contributed by atoms with Gasteiger partial charge in [-0.15, -0.1) is 0 Å². The Kier molecular flexibility index (Phi) is 5.32. The topological polar surface area (TPSA) is 12.0 Å². The van der Waals surface area contributed by atoms with Crippen LogP contribution in [-0.4, -0.2) is 6.04 Å². The lowest BCUT2D eigenvalue weighted by molar-refractivity contribution is 0.151. The molecule has 2 unspecified atom stereocenters. The Morgan fingerprint density at radius 1 is 1.11 bits per heavy atom. The molecule has 0 heterocycles. The van der Waals surface area contributed by atoms with Crippen LogP contribution in [0.1, 0.15) is 56.6 Å². The second-order valence-corrected chi connectivity index (χ2v) is 5.73. The molecule has 1 aromatic rings. The summed E-state index contributed by atoms with van der Waals surface area (Å²) in [7, 11) is 0. The third kappa shape index (κ3) is 4.57. The van der Waals surface area contributed by atoms with E-state index in [9.17, 15) is 8.78 Å². The van der Waals surface area contributed by atoms with Gasteiger partial charge in [0.2, 0.25) is 0 Å². The summed E-state index contributed by atoms with van der Waals surface area (Å²) in [6.07, 6.45) is 4.02. The van der Waals surface area contributed by atoms with E-state index in [0.29, 0.717) is 6.04 Å². The van der Waals surface area contributed by atoms with E-state index in [1.165, 1.54) is 44.2 Å². The monoisotopic (exact) mass is 267 g/mol. The van der Waals surface area contributed by atoms with Crippen molar-refractivity contribution >= 4 is 0 Å². The molecule has 1 saturated carbocycles. The first kappa shape index (κ1) is 14.4. The summed E-state index contributed by atoms with van der Waals surface area (Å²) in [5.41, 5.74) is 1.19. The number of rotatable bonds is 4. The van der Waals surface area contributed by atoms with Crippen molar-refractivity contribution in [1.82, 2.24) is 5.32 Å². The first-order valence-electron chi connectivity index (χ1n) is 7.25. The van der Waals surface area contributed by atoms with Crippen molar-refractivity contribution in [2.45, 2.75) is 58.0 Å². The van der Waals surface area contributed by atoms with E-state index >= 15 is 0 Å². The second-order valence-electron chi connectivity index (χ2n) is 5.73. The summed E-state index contributed by atoms with van der Waals surface area (Å²) in [5, 5.41) is 3.56. The maximum Gasteiger partial charge on any atom is 0.263 e. The lowest BCUT2D eigenvalue weighted by Crippen LogP contribution is -2.27. The Balaban J connectivity index is 1.81. The fraction of sp³-hybridized carbons (Fsp3) is 0.625. The maximum atomic E-state index is 12.4. The number of alkyl halides is 2. The van der Waals surface area contributed by atoms with Crippen molar-refractivity contribution in [2.75, 3.05) is 0 Å². The Bertz CT molecular complexity index is 375. The van der Waals surface area contributed by atoms with E-state index in [0.717, 1.165) is 18.0 Å². The van der Waals surface area contributed by atoms with Gasteiger partial charge in [0.25, 0.3) is 6.43 Å². The van der Waals surface area contributed by atoms with Crippen molar-refractivity contribution in [1.29, 1.82) is 0 Å². The fourth-order valence-electron chi connectivity index (χ4n) is 2.73. The van der Waals surface area contributed by atoms with Crippen LogP contribution in [0.4, 0.5) is 8.78 Å². The van der Waals surface area contributed by atoms with Crippen molar-refractivity contribution < 1.29 is 8.78 Å². The number of halogens is 2. The third-order valence-corrected chi connectivity index (χ3v) is 4.08. The van der Waals surface area contributed by atoms with Crippen LogP contribution in [0.2, 0.25) is 0 Å². The van der Waals surface area contributed by atoms with Gasteiger partial charge in [0.05, 0.1) is 0 Å². The summed E-state index contributed by atoms with van der Waals surface area (Å²) in [5.74, 6) is 0.845. The van der Waals surface area contributed by atoms with Crippen LogP contribution in [0.3, 0.4) is 0 Å². The lowest BCUT2D eigenvalue weighted by atomic mass is 10.0. The SMILES string of the molecule is CC1CCCC(NCc2ccc(C(F)F)cc2)CC1. The molecule has 0 radical (unpaired) electrons. The molecular weight excluding hydrogens is 244 g/mol. The molecule has 0 saturated heterocycles. The molecule has 106 valence electrons. The number of nitrogens with one attached hydrogen (secondary N) is 1. The second kappa shape index (κ2) is 6.99. The average molecular weight is 267 g/mol. The average Bonchev–Trinajstić information content (AvgIpc) is 2.61. The van der Waals surface area contributed by atoms with E-state index in [1.807, 2.05) is 0 Å². The summed E-state index contributed by atoms with van der Waals surface area (Å²) in [4.78, 5) is 0. The number of benzene rings is 1. The minimum absolute atomic E-state index is 0.104. The van der Waals surface area contributed by atoms with Gasteiger partial charge in [0.15, 0.2) is 0 Å². The Labute approximate surface area is 114 Å². The molecule has 19 heavy (non-hydrogen) atoms. The minimum atomic E-state index is -2.37. The van der Waals surface area contributed by atoms with Gasteiger partial charge in [-0.25, -0.2) is 8.78 Å². The van der Waals surface area contributed by atoms with Crippen LogP contribution in [0.25, 0.3) is 0 Å². The zero-order valence-electron chi connectivity index (χ0n) is 11.5. The van der Waals surface area contributed by atoms with Gasteiger partial charge in [0.1, 0.15) is 0 Å². The van der Waals surface area contributed by atoms with E-state index < -0.39 is 6.43 Å². The number of hydrogen-bond acceptors (Lipinski definition) is 1. The van der Waals surface area contributed by atoms with Crippen LogP contribution in [0, 0.1) is 5.92 Å². The molecular formula is C16H23F2N. The van der Waals surface area contributed by atoms with Crippen molar-refractivity contribution in [3.8, 4) is 0 Å². The molecule has 1 aromatic carbocycles. The molecule has 1 aliphatic carbocycles. The van der Waals surface area contributed by atoms with Crippen molar-refractivity contribution in [3.63, 3.8) is 0 Å². The van der Waals surface area contributed by atoms with Crippen LogP contribution in [0.15, 0.2) is 24.3 Å². The van der Waals surface area contributed by atoms with Gasteiger partial charge in [-0.1, -0.05) is 44.0 Å². The lowest BCUT2D eigenvalue weighted by Gasteiger charge is -2.16. The standard InChI is InChI=1S/C16H23F2N/c1-12-3-2-4-15(10-5-12)19-11-13-6-8-14(9-7-13)16(17)18/h6-9,12,15-16,19H,2-5,10-11H2,1H3. The molecule has 2 rings (SSSR count). The highest BCUT2D eigenvalue weighted by molar-refractivity contribution is 5.23. The van der Waals surface area contributed by atoms with Gasteiger partial charge in [0, 0.05) is 18.2 Å². The first-order chi connectivity index (χ1) is 9.15. The van der Waals surface area contributed by atoms with Crippen LogP contribution < -0.4 is 5.32 Å². The van der Waals surface area contributed by atoms with E-state index in [4.69, 9.17) is 0 Å². The Morgan fingerprint density at radius 2 is 1.84 bits per heavy atom. The quantitative estimate of drug-likeness (QED) is 0.781. The number of hydrogen-bond donors (Lipinski definition) is 1. The third-order valence-electron chi connectivity index (χ3n) is 4.08. The molecule has 1 nitrogen and oxygen atoms in total. The molecule has 0 bridgehead atoms. The minimum Gasteiger partial charge on any atom is -0.310 e. The van der Waals surface area contributed by atoms with E-state index in [2.05, 4.69) is 12.2 Å². The van der Waals surface area contributed by atoms with Crippen molar-refractivity contribution in [2.24, 2.45) is 5.92 Å².